The second-order valence-electron chi connectivity index (χ2n) is 10.3. The van der Waals surface area contributed by atoms with E-state index < -0.39 is 0 Å². The molecule has 1 saturated carbocycles. The topological polar surface area (TPSA) is 39.2 Å². The number of unbranched alkanes of at least 4 members (excludes halogenated alkanes) is 7. The number of aromatic nitrogens is 1. The maximum atomic E-state index is 14.6. The Morgan fingerprint density at radius 3 is 2.20 bits per heavy atom. The minimum atomic E-state index is -0.378. The lowest BCUT2D eigenvalue weighted by molar-refractivity contribution is -0.140. The summed E-state index contributed by atoms with van der Waals surface area (Å²) in [5, 5.41) is 0. The van der Waals surface area contributed by atoms with Gasteiger partial charge in [0.2, 0.25) is 5.95 Å². The van der Waals surface area contributed by atoms with Crippen LogP contribution in [0.4, 0.5) is 4.39 Å². The number of nitrogens with zero attached hydrogens (tertiary/aromatic N) is 1. The third kappa shape index (κ3) is 9.05. The molecule has 35 heavy (non-hydrogen) atoms. The van der Waals surface area contributed by atoms with Gasteiger partial charge < -0.3 is 4.74 Å². The average Bonchev–Trinajstić information content (AvgIpc) is 2.88. The number of hydrogen-bond donors (Lipinski definition) is 0. The highest BCUT2D eigenvalue weighted by atomic mass is 19.1. The molecule has 0 spiro atoms. The Bertz CT molecular complexity index is 887. The summed E-state index contributed by atoms with van der Waals surface area (Å²) in [6, 6.07) is 11.0. The summed E-state index contributed by atoms with van der Waals surface area (Å²) in [6.07, 6.45) is 17.2. The molecule has 0 bridgehead atoms. The lowest BCUT2D eigenvalue weighted by atomic mass is 9.80. The molecule has 3 nitrogen and oxygen atoms in total. The molecule has 192 valence electrons. The highest BCUT2D eigenvalue weighted by Crippen LogP contribution is 2.33. The molecule has 0 saturated heterocycles. The molecule has 0 radical (unpaired) electrons. The Hall–Kier alpha value is -2.23. The van der Waals surface area contributed by atoms with Gasteiger partial charge in [-0.2, -0.15) is 4.39 Å². The van der Waals surface area contributed by atoms with Crippen LogP contribution in [0.5, 0.6) is 5.75 Å². The van der Waals surface area contributed by atoms with Crippen LogP contribution in [0.2, 0.25) is 0 Å². The molecule has 2 aromatic rings. The second-order valence-corrected chi connectivity index (χ2v) is 10.3. The summed E-state index contributed by atoms with van der Waals surface area (Å²) in [5.74, 6) is 0.829. The van der Waals surface area contributed by atoms with E-state index in [0.29, 0.717) is 17.0 Å². The van der Waals surface area contributed by atoms with Gasteiger partial charge in [0.25, 0.3) is 0 Å². The lowest BCUT2D eigenvalue weighted by Gasteiger charge is -2.27. The van der Waals surface area contributed by atoms with Crippen LogP contribution >= 0.6 is 0 Å². The first-order chi connectivity index (χ1) is 17.1. The zero-order chi connectivity index (χ0) is 24.9. The van der Waals surface area contributed by atoms with Gasteiger partial charge >= 0.3 is 5.97 Å². The van der Waals surface area contributed by atoms with E-state index in [1.807, 2.05) is 24.3 Å². The number of ether oxygens (including phenoxy) is 1. The van der Waals surface area contributed by atoms with Crippen LogP contribution in [0, 0.1) is 17.8 Å². The number of halogens is 1. The Morgan fingerprint density at radius 2 is 1.51 bits per heavy atom. The van der Waals surface area contributed by atoms with E-state index in [4.69, 9.17) is 4.74 Å². The van der Waals surface area contributed by atoms with Crippen molar-refractivity contribution in [3.8, 4) is 17.0 Å². The molecule has 3 rings (SSSR count). The third-order valence-electron chi connectivity index (χ3n) is 7.49. The van der Waals surface area contributed by atoms with Crippen molar-refractivity contribution in [1.29, 1.82) is 0 Å². The molecule has 1 fully saturated rings. The summed E-state index contributed by atoms with van der Waals surface area (Å²) in [6.45, 7) is 4.45. The van der Waals surface area contributed by atoms with Gasteiger partial charge in [0.15, 0.2) is 0 Å². The number of benzene rings is 1. The van der Waals surface area contributed by atoms with Gasteiger partial charge in [0.05, 0.1) is 11.6 Å². The van der Waals surface area contributed by atoms with Gasteiger partial charge in [-0.25, -0.2) is 4.98 Å². The van der Waals surface area contributed by atoms with E-state index >= 15 is 0 Å². The van der Waals surface area contributed by atoms with E-state index in [-0.39, 0.29) is 17.8 Å². The lowest BCUT2D eigenvalue weighted by Crippen LogP contribution is -2.25. The van der Waals surface area contributed by atoms with Gasteiger partial charge in [0, 0.05) is 11.1 Å². The Morgan fingerprint density at radius 1 is 0.857 bits per heavy atom. The molecule has 1 aromatic heterocycles. The molecule has 0 amide bonds. The van der Waals surface area contributed by atoms with E-state index in [0.717, 1.165) is 56.4 Å². The summed E-state index contributed by atoms with van der Waals surface area (Å²) in [5.41, 5.74) is 2.12. The number of hydrogen-bond acceptors (Lipinski definition) is 3. The molecule has 0 atom stereocenters. The zero-order valence-corrected chi connectivity index (χ0v) is 21.9. The summed E-state index contributed by atoms with van der Waals surface area (Å²) in [4.78, 5) is 16.8. The van der Waals surface area contributed by atoms with Crippen LogP contribution in [-0.4, -0.2) is 11.0 Å². The quantitative estimate of drug-likeness (QED) is 0.117. The SMILES string of the molecule is CCCCCCCCc1ccc(-c2ccc(OC(=O)C3CCC(CCCCC)CC3)cc2)nc1F. The fourth-order valence-electron chi connectivity index (χ4n) is 5.17. The predicted molar refractivity (Wildman–Crippen MR) is 142 cm³/mol. The summed E-state index contributed by atoms with van der Waals surface area (Å²) >= 11 is 0. The largest absolute Gasteiger partial charge is 0.426 e. The highest BCUT2D eigenvalue weighted by Gasteiger charge is 2.27. The Kier molecular flexibility index (Phi) is 11.7. The van der Waals surface area contributed by atoms with Gasteiger partial charge in [-0.15, -0.1) is 0 Å². The van der Waals surface area contributed by atoms with Crippen molar-refractivity contribution in [3.05, 3.63) is 47.9 Å². The van der Waals surface area contributed by atoms with Crippen molar-refractivity contribution < 1.29 is 13.9 Å². The van der Waals surface area contributed by atoms with Gasteiger partial charge in [-0.3, -0.25) is 4.79 Å². The highest BCUT2D eigenvalue weighted by molar-refractivity contribution is 5.75. The fourth-order valence-corrected chi connectivity index (χ4v) is 5.17. The predicted octanol–water partition coefficient (Wildman–Crippen LogP) is 9.08. The van der Waals surface area contributed by atoms with Crippen LogP contribution in [-0.2, 0) is 11.2 Å². The molecule has 0 unspecified atom stereocenters. The van der Waals surface area contributed by atoms with Crippen molar-refractivity contribution >= 4 is 5.97 Å². The standard InChI is InChI=1S/C31H44FNO2/c1-3-5-7-8-9-11-13-26-20-23-29(33-30(26)32)25-18-21-28(22-19-25)35-31(34)27-16-14-24(15-17-27)12-10-6-4-2/h18-24,27H,3-17H2,1-2H3. The van der Waals surface area contributed by atoms with Gasteiger partial charge in [-0.05, 0) is 74.8 Å². The molecule has 0 aliphatic heterocycles. The molecule has 1 heterocycles. The maximum Gasteiger partial charge on any atom is 0.314 e. The molecule has 1 aromatic carbocycles. The first-order valence-corrected chi connectivity index (χ1v) is 14.1. The number of esters is 1. The number of carbonyl (C=O) groups excluding carboxylic acids is 1. The molecular weight excluding hydrogens is 437 g/mol. The van der Waals surface area contributed by atoms with Crippen LogP contribution in [0.15, 0.2) is 36.4 Å². The van der Waals surface area contributed by atoms with Crippen molar-refractivity contribution in [2.45, 2.75) is 110 Å². The maximum absolute atomic E-state index is 14.6. The van der Waals surface area contributed by atoms with Gasteiger partial charge in [-0.1, -0.05) is 77.7 Å². The Balaban J connectivity index is 1.45. The number of rotatable bonds is 14. The van der Waals surface area contributed by atoms with Crippen LogP contribution in [0.1, 0.15) is 109 Å². The van der Waals surface area contributed by atoms with Crippen LogP contribution < -0.4 is 4.74 Å². The fraction of sp³-hybridized carbons (Fsp3) is 0.613. The molecule has 1 aliphatic carbocycles. The number of pyridine rings is 1. The van der Waals surface area contributed by atoms with Crippen molar-refractivity contribution in [2.75, 3.05) is 0 Å². The van der Waals surface area contributed by atoms with Gasteiger partial charge in [0.1, 0.15) is 5.75 Å². The van der Waals surface area contributed by atoms with E-state index in [1.165, 1.54) is 51.4 Å². The van der Waals surface area contributed by atoms with Crippen molar-refractivity contribution in [2.24, 2.45) is 11.8 Å². The number of carbonyl (C=O) groups is 1. The van der Waals surface area contributed by atoms with E-state index in [1.54, 1.807) is 12.1 Å². The van der Waals surface area contributed by atoms with E-state index in [9.17, 15) is 9.18 Å². The minimum Gasteiger partial charge on any atom is -0.426 e. The normalized spacial score (nSPS) is 17.9. The second kappa shape index (κ2) is 15.0. The summed E-state index contributed by atoms with van der Waals surface area (Å²) in [7, 11) is 0. The Labute approximate surface area is 211 Å². The molecule has 1 aliphatic rings. The molecular formula is C31H44FNO2. The zero-order valence-electron chi connectivity index (χ0n) is 21.9. The van der Waals surface area contributed by atoms with Crippen LogP contribution in [0.25, 0.3) is 11.3 Å². The smallest absolute Gasteiger partial charge is 0.314 e. The van der Waals surface area contributed by atoms with Crippen molar-refractivity contribution in [3.63, 3.8) is 0 Å². The first kappa shape index (κ1) is 27.4. The number of aryl methyl sites for hydroxylation is 1. The third-order valence-corrected chi connectivity index (χ3v) is 7.49. The first-order valence-electron chi connectivity index (χ1n) is 14.1. The molecule has 0 N–H and O–H groups in total. The summed E-state index contributed by atoms with van der Waals surface area (Å²) < 4.78 is 20.2. The average molecular weight is 482 g/mol. The minimum absolute atomic E-state index is 0.00653. The van der Waals surface area contributed by atoms with Crippen LogP contribution in [0.3, 0.4) is 0 Å². The van der Waals surface area contributed by atoms with Crippen molar-refractivity contribution in [1.82, 2.24) is 4.98 Å². The monoisotopic (exact) mass is 481 g/mol. The van der Waals surface area contributed by atoms with E-state index in [2.05, 4.69) is 18.8 Å². The molecule has 4 heteroatoms.